The van der Waals surface area contributed by atoms with Gasteiger partial charge in [0.05, 0.1) is 25.2 Å². The van der Waals surface area contributed by atoms with Crippen LogP contribution in [-0.4, -0.2) is 88.2 Å². The second-order valence-electron chi connectivity index (χ2n) is 11.7. The maximum atomic E-state index is 13.8. The zero-order valence-corrected chi connectivity index (χ0v) is 24.9. The standard InChI is InChI=1S/C31H42N4O5S/c1-3-33-17-13-25(14-18-33)29(36)32-27(22-40-21-24-9-5-4-6-10-24)30(37)34-19-15-31(16-20-34)23-35(41(2,38)39)28-12-8-7-11-26(28)31/h4-12,25,27H,3,13-23H2,1-2H3,(H,32,36)/t27-/m1/s1. The van der Waals surface area contributed by atoms with E-state index in [1.807, 2.05) is 59.5 Å². The summed E-state index contributed by atoms with van der Waals surface area (Å²) in [5, 5.41) is 3.05. The lowest BCUT2D eigenvalue weighted by molar-refractivity contribution is -0.141. The number of hydrogen-bond acceptors (Lipinski definition) is 6. The second-order valence-corrected chi connectivity index (χ2v) is 13.6. The van der Waals surface area contributed by atoms with Gasteiger partial charge in [0.15, 0.2) is 0 Å². The lowest BCUT2D eigenvalue weighted by Crippen LogP contribution is -2.56. The van der Waals surface area contributed by atoms with E-state index in [0.29, 0.717) is 39.1 Å². The van der Waals surface area contributed by atoms with Crippen LogP contribution in [0.5, 0.6) is 0 Å². The SMILES string of the molecule is CCN1CCC(C(=O)N[C@H](COCc2ccccc2)C(=O)N2CCC3(CC2)CN(S(C)(=O)=O)c2ccccc23)CC1. The van der Waals surface area contributed by atoms with E-state index < -0.39 is 16.1 Å². The number of piperidine rings is 2. The largest absolute Gasteiger partial charge is 0.374 e. The van der Waals surface area contributed by atoms with E-state index in [2.05, 4.69) is 17.1 Å². The predicted molar refractivity (Wildman–Crippen MR) is 159 cm³/mol. The van der Waals surface area contributed by atoms with Gasteiger partial charge in [0.25, 0.3) is 0 Å². The molecule has 2 amide bonds. The van der Waals surface area contributed by atoms with Crippen molar-refractivity contribution in [3.8, 4) is 0 Å². The Balaban J connectivity index is 1.26. The number of rotatable bonds is 9. The molecule has 0 radical (unpaired) electrons. The van der Waals surface area contributed by atoms with Crippen LogP contribution in [0.1, 0.15) is 43.7 Å². The van der Waals surface area contributed by atoms with Crippen molar-refractivity contribution in [2.45, 2.75) is 50.7 Å². The fraction of sp³-hybridized carbons (Fsp3) is 0.548. The first kappa shape index (κ1) is 29.5. The van der Waals surface area contributed by atoms with Gasteiger partial charge in [-0.05, 0) is 62.5 Å². The summed E-state index contributed by atoms with van der Waals surface area (Å²) in [7, 11) is -3.41. The minimum absolute atomic E-state index is 0.0793. The van der Waals surface area contributed by atoms with Crippen LogP contribution in [0.3, 0.4) is 0 Å². The Hall–Kier alpha value is -2.95. The molecule has 3 aliphatic heterocycles. The maximum absolute atomic E-state index is 13.8. The molecule has 2 aromatic rings. The molecular formula is C31H42N4O5S. The molecule has 41 heavy (non-hydrogen) atoms. The summed E-state index contributed by atoms with van der Waals surface area (Å²) in [4.78, 5) is 31.3. The third-order valence-electron chi connectivity index (χ3n) is 9.04. The number of ether oxygens (including phenoxy) is 1. The summed E-state index contributed by atoms with van der Waals surface area (Å²) < 4.78 is 32.6. The molecule has 2 aromatic carbocycles. The van der Waals surface area contributed by atoms with Crippen molar-refractivity contribution in [3.05, 3.63) is 65.7 Å². The van der Waals surface area contributed by atoms with Crippen molar-refractivity contribution >= 4 is 27.5 Å². The Morgan fingerprint density at radius 3 is 2.32 bits per heavy atom. The first-order valence-corrected chi connectivity index (χ1v) is 16.6. The molecule has 2 fully saturated rings. The average molecular weight is 583 g/mol. The zero-order valence-electron chi connectivity index (χ0n) is 24.1. The van der Waals surface area contributed by atoms with Crippen LogP contribution < -0.4 is 9.62 Å². The molecule has 3 heterocycles. The topological polar surface area (TPSA) is 99.3 Å². The molecule has 5 rings (SSSR count). The molecule has 10 heteroatoms. The Morgan fingerprint density at radius 1 is 1.00 bits per heavy atom. The highest BCUT2D eigenvalue weighted by atomic mass is 32.2. The molecule has 1 spiro atoms. The lowest BCUT2D eigenvalue weighted by Gasteiger charge is -2.41. The second kappa shape index (κ2) is 12.5. The van der Waals surface area contributed by atoms with Gasteiger partial charge in [0.2, 0.25) is 21.8 Å². The molecule has 0 aromatic heterocycles. The summed E-state index contributed by atoms with van der Waals surface area (Å²) in [5.74, 6) is -0.327. The molecule has 0 bridgehead atoms. The lowest BCUT2D eigenvalue weighted by atomic mass is 9.74. The molecule has 0 aliphatic carbocycles. The summed E-state index contributed by atoms with van der Waals surface area (Å²) >= 11 is 0. The minimum Gasteiger partial charge on any atom is -0.374 e. The fourth-order valence-corrected chi connectivity index (χ4v) is 7.53. The number of benzene rings is 2. The highest BCUT2D eigenvalue weighted by Crippen LogP contribution is 2.47. The molecule has 1 N–H and O–H groups in total. The van der Waals surface area contributed by atoms with Gasteiger partial charge in [-0.1, -0.05) is 55.5 Å². The van der Waals surface area contributed by atoms with Gasteiger partial charge in [-0.2, -0.15) is 0 Å². The zero-order chi connectivity index (χ0) is 29.0. The number of anilines is 1. The number of sulfonamides is 1. The van der Waals surface area contributed by atoms with E-state index in [0.717, 1.165) is 49.3 Å². The van der Waals surface area contributed by atoms with Crippen molar-refractivity contribution in [2.24, 2.45) is 5.92 Å². The number of carbonyl (C=O) groups is 2. The normalized spacial score (nSPS) is 20.1. The number of amides is 2. The smallest absolute Gasteiger partial charge is 0.247 e. The quantitative estimate of drug-likeness (QED) is 0.488. The Morgan fingerprint density at radius 2 is 1.66 bits per heavy atom. The van der Waals surface area contributed by atoms with Crippen LogP contribution in [0, 0.1) is 5.92 Å². The van der Waals surface area contributed by atoms with Gasteiger partial charge in [-0.25, -0.2) is 8.42 Å². The maximum Gasteiger partial charge on any atom is 0.247 e. The van der Waals surface area contributed by atoms with Crippen LogP contribution in [-0.2, 0) is 36.4 Å². The van der Waals surface area contributed by atoms with Crippen molar-refractivity contribution in [1.82, 2.24) is 15.1 Å². The Labute approximate surface area is 243 Å². The van der Waals surface area contributed by atoms with E-state index in [1.165, 1.54) is 10.6 Å². The van der Waals surface area contributed by atoms with E-state index in [4.69, 9.17) is 4.74 Å². The van der Waals surface area contributed by atoms with Gasteiger partial charge in [0, 0.05) is 31.0 Å². The minimum atomic E-state index is -3.41. The van der Waals surface area contributed by atoms with Crippen molar-refractivity contribution in [3.63, 3.8) is 0 Å². The summed E-state index contributed by atoms with van der Waals surface area (Å²) in [6.45, 7) is 6.71. The number of likely N-dealkylation sites (tertiary alicyclic amines) is 2. The van der Waals surface area contributed by atoms with Crippen LogP contribution in [0.25, 0.3) is 0 Å². The number of nitrogens with one attached hydrogen (secondary N) is 1. The van der Waals surface area contributed by atoms with E-state index in [9.17, 15) is 18.0 Å². The molecule has 0 unspecified atom stereocenters. The highest BCUT2D eigenvalue weighted by molar-refractivity contribution is 7.92. The first-order valence-electron chi connectivity index (χ1n) is 14.7. The van der Waals surface area contributed by atoms with Gasteiger partial charge in [-0.3, -0.25) is 13.9 Å². The molecule has 2 saturated heterocycles. The number of fused-ring (bicyclic) bond motifs is 2. The average Bonchev–Trinajstić information content (AvgIpc) is 3.31. The van der Waals surface area contributed by atoms with Crippen LogP contribution in [0.4, 0.5) is 5.69 Å². The summed E-state index contributed by atoms with van der Waals surface area (Å²) in [5.41, 5.74) is 2.45. The first-order chi connectivity index (χ1) is 19.7. The summed E-state index contributed by atoms with van der Waals surface area (Å²) in [6, 6.07) is 16.7. The molecule has 222 valence electrons. The molecule has 3 aliphatic rings. The fourth-order valence-electron chi connectivity index (χ4n) is 6.53. The van der Waals surface area contributed by atoms with Crippen LogP contribution >= 0.6 is 0 Å². The predicted octanol–water partition coefficient (Wildman–Crippen LogP) is 2.76. The van der Waals surface area contributed by atoms with Gasteiger partial charge < -0.3 is 19.9 Å². The van der Waals surface area contributed by atoms with Gasteiger partial charge in [-0.15, -0.1) is 0 Å². The van der Waals surface area contributed by atoms with Crippen LogP contribution in [0.2, 0.25) is 0 Å². The third-order valence-corrected chi connectivity index (χ3v) is 10.2. The highest BCUT2D eigenvalue weighted by Gasteiger charge is 2.48. The molecule has 9 nitrogen and oxygen atoms in total. The number of carbonyl (C=O) groups excluding carboxylic acids is 2. The molecular weight excluding hydrogens is 540 g/mol. The van der Waals surface area contributed by atoms with E-state index >= 15 is 0 Å². The van der Waals surface area contributed by atoms with Crippen molar-refractivity contribution < 1.29 is 22.7 Å². The van der Waals surface area contributed by atoms with Crippen molar-refractivity contribution in [1.29, 1.82) is 0 Å². The van der Waals surface area contributed by atoms with Crippen LogP contribution in [0.15, 0.2) is 54.6 Å². The molecule has 1 atom stereocenters. The number of hydrogen-bond donors (Lipinski definition) is 1. The number of para-hydroxylation sites is 1. The summed E-state index contributed by atoms with van der Waals surface area (Å²) in [6.07, 6.45) is 4.13. The monoisotopic (exact) mass is 582 g/mol. The van der Waals surface area contributed by atoms with Gasteiger partial charge in [0.1, 0.15) is 6.04 Å². The number of nitrogens with zero attached hydrogens (tertiary/aromatic N) is 3. The van der Waals surface area contributed by atoms with E-state index in [-0.39, 0.29) is 29.8 Å². The Kier molecular flexibility index (Phi) is 9.01. The third kappa shape index (κ3) is 6.60. The van der Waals surface area contributed by atoms with E-state index in [1.54, 1.807) is 0 Å². The van der Waals surface area contributed by atoms with Gasteiger partial charge >= 0.3 is 0 Å². The molecule has 0 saturated carbocycles. The Bertz CT molecular complexity index is 1320. The van der Waals surface area contributed by atoms with Crippen molar-refractivity contribution in [2.75, 3.05) is 56.4 Å².